The fourth-order valence-electron chi connectivity index (χ4n) is 19.7. The van der Waals surface area contributed by atoms with E-state index in [1.54, 1.807) is 0 Å². The molecule has 21 aromatic rings. The predicted molar refractivity (Wildman–Crippen MR) is 493 cm³/mol. The Morgan fingerprint density at radius 2 is 0.459 bits per heavy atom. The van der Waals surface area contributed by atoms with Crippen LogP contribution in [0.3, 0.4) is 0 Å². The summed E-state index contributed by atoms with van der Waals surface area (Å²) in [5, 5.41) is 6.51. The minimum Gasteiger partial charge on any atom is -0.457 e. The zero-order valence-electron chi connectivity index (χ0n) is 65.9. The molecule has 0 saturated heterocycles. The van der Waals surface area contributed by atoms with Crippen LogP contribution in [0.15, 0.2) is 425 Å². The van der Waals surface area contributed by atoms with Gasteiger partial charge in [-0.15, -0.1) is 0 Å². The highest BCUT2D eigenvalue weighted by Crippen LogP contribution is 2.65. The SMILES string of the molecule is c1ccc(-c2cc(-c3cccc(-c4nc5ccccc5c5cc6c(cc45)Oc4ccccc4C64c5ccccc5-c5ccccc54)c3)nc(-c3ccccc3)n2)cc1.c1ccc(-c2ccc(-c3cc(-c4cccc(-c5nc6ccccc6c6cc7c(cc56)Oc5ccccc5C75c6ccccc6-c6ccccc65)c4)nc(-c4ccccc4)n3)cc2)cc1. The summed E-state index contributed by atoms with van der Waals surface area (Å²) >= 11 is 0. The van der Waals surface area contributed by atoms with Crippen molar-refractivity contribution < 1.29 is 9.47 Å². The van der Waals surface area contributed by atoms with E-state index in [1.165, 1.54) is 50.1 Å². The number of benzene rings is 17. The maximum atomic E-state index is 7.00. The van der Waals surface area contributed by atoms with Crippen LogP contribution in [0.1, 0.15) is 44.5 Å². The molecule has 2 aliphatic carbocycles. The Morgan fingerprint density at radius 1 is 0.164 bits per heavy atom. The molecule has 17 aromatic carbocycles. The molecule has 2 spiro atoms. The van der Waals surface area contributed by atoms with Crippen LogP contribution in [0, 0.1) is 0 Å². The van der Waals surface area contributed by atoms with Crippen LogP contribution in [0.2, 0.25) is 0 Å². The van der Waals surface area contributed by atoms with Gasteiger partial charge in [-0.25, -0.2) is 29.9 Å². The van der Waals surface area contributed by atoms with Crippen LogP contribution in [0.25, 0.3) is 167 Å². The fraction of sp³-hybridized carbons (Fsp3) is 0.0175. The molecule has 8 heteroatoms. The van der Waals surface area contributed by atoms with Crippen molar-refractivity contribution in [3.63, 3.8) is 0 Å². The number of fused-ring (bicyclic) bond motifs is 24. The van der Waals surface area contributed by atoms with Crippen molar-refractivity contribution in [3.8, 4) is 147 Å². The fourth-order valence-corrected chi connectivity index (χ4v) is 19.7. The van der Waals surface area contributed by atoms with Crippen LogP contribution in [-0.2, 0) is 10.8 Å². The van der Waals surface area contributed by atoms with Crippen molar-refractivity contribution in [2.24, 2.45) is 0 Å². The number of pyridine rings is 2. The Morgan fingerprint density at radius 3 is 0.869 bits per heavy atom. The first-order valence-electron chi connectivity index (χ1n) is 41.4. The molecule has 0 saturated carbocycles. The largest absolute Gasteiger partial charge is 0.457 e. The summed E-state index contributed by atoms with van der Waals surface area (Å²) in [6, 6.07) is 150. The minimum absolute atomic E-state index is 0.560. The summed E-state index contributed by atoms with van der Waals surface area (Å²) in [4.78, 5) is 31.4. The Bertz CT molecular complexity index is 7680. The summed E-state index contributed by atoms with van der Waals surface area (Å²) in [5.74, 6) is 4.76. The number of para-hydroxylation sites is 4. The lowest BCUT2D eigenvalue weighted by atomic mass is 9.65. The Kier molecular flexibility index (Phi) is 16.3. The number of hydrogen-bond donors (Lipinski definition) is 0. The first-order chi connectivity index (χ1) is 60.4. The average molecular weight is 1560 g/mol. The molecule has 0 unspecified atom stereocenters. The molecule has 0 fully saturated rings. The Labute approximate surface area is 704 Å². The quantitative estimate of drug-likeness (QED) is 0.132. The van der Waals surface area contributed by atoms with E-state index in [9.17, 15) is 0 Å². The lowest BCUT2D eigenvalue weighted by Crippen LogP contribution is -2.32. The van der Waals surface area contributed by atoms with E-state index in [2.05, 4.69) is 364 Å². The van der Waals surface area contributed by atoms with Crippen molar-refractivity contribution in [1.29, 1.82) is 0 Å². The highest BCUT2D eigenvalue weighted by Gasteiger charge is 2.53. The summed E-state index contributed by atoms with van der Waals surface area (Å²) in [7, 11) is 0. The molecule has 122 heavy (non-hydrogen) atoms. The second-order valence-electron chi connectivity index (χ2n) is 31.7. The van der Waals surface area contributed by atoms with Crippen LogP contribution in [0.4, 0.5) is 0 Å². The lowest BCUT2D eigenvalue weighted by molar-refractivity contribution is 0.437. The van der Waals surface area contributed by atoms with Crippen LogP contribution < -0.4 is 9.47 Å². The van der Waals surface area contributed by atoms with Gasteiger partial charge in [-0.2, -0.15) is 0 Å². The molecular weight excluding hydrogens is 1490 g/mol. The van der Waals surface area contributed by atoms with Gasteiger partial charge in [-0.1, -0.05) is 352 Å². The molecular formula is C114H70N6O2. The second-order valence-corrected chi connectivity index (χ2v) is 31.7. The molecule has 2 aliphatic heterocycles. The van der Waals surface area contributed by atoms with E-state index in [0.717, 1.165) is 173 Å². The summed E-state index contributed by atoms with van der Waals surface area (Å²) in [5.41, 5.74) is 30.9. The molecule has 0 radical (unpaired) electrons. The van der Waals surface area contributed by atoms with Crippen LogP contribution in [-0.4, -0.2) is 29.9 Å². The zero-order valence-corrected chi connectivity index (χ0v) is 65.9. The van der Waals surface area contributed by atoms with Crippen molar-refractivity contribution in [2.45, 2.75) is 10.8 Å². The Hall–Kier alpha value is -16.2. The van der Waals surface area contributed by atoms with Gasteiger partial charge >= 0.3 is 0 Å². The van der Waals surface area contributed by atoms with Gasteiger partial charge in [0.15, 0.2) is 11.6 Å². The van der Waals surface area contributed by atoms with Gasteiger partial charge in [-0.05, 0) is 139 Å². The number of nitrogens with zero attached hydrogens (tertiary/aromatic N) is 6. The van der Waals surface area contributed by atoms with Gasteiger partial charge in [0.2, 0.25) is 0 Å². The summed E-state index contributed by atoms with van der Waals surface area (Å²) in [6.45, 7) is 0. The number of hydrogen-bond acceptors (Lipinski definition) is 8. The van der Waals surface area contributed by atoms with E-state index >= 15 is 0 Å². The molecule has 0 bridgehead atoms. The molecule has 0 amide bonds. The average Bonchev–Trinajstić information content (AvgIpc) is 1.49. The standard InChI is InChI=1S/C60H37N3O.C54H33N3O/c1-3-16-38(17-4-1)39-30-32-40(33-31-39)54-37-55(63-59(62-54)41-18-5-2-6-19-41)42-20-15-21-43(34-42)58-48-36-57-52(35-47(48)46-24-9-13-28-53(46)61-58)60(51-27-12-14-29-56(51)64-57)49-25-10-7-22-44(49)45-23-8-11-26-50(45)60;1-3-16-34(17-4-1)48-33-49(57-53(56-48)35-18-5-2-6-19-35)36-20-15-21-37(30-36)52-42-32-51-46(31-41(42)40-24-9-13-28-47(40)55-52)54(45-27-12-14-29-50(45)58-51)43-25-10-7-22-38(43)39-23-8-11-26-44(39)54/h1-37H;1-33H. The van der Waals surface area contributed by atoms with E-state index in [4.69, 9.17) is 39.4 Å². The van der Waals surface area contributed by atoms with Gasteiger partial charge in [-0.3, -0.25) is 0 Å². The second kappa shape index (κ2) is 28.3. The number of ether oxygens (including phenoxy) is 2. The molecule has 0 atom stereocenters. The minimum atomic E-state index is -0.570. The smallest absolute Gasteiger partial charge is 0.160 e. The van der Waals surface area contributed by atoms with Gasteiger partial charge < -0.3 is 9.47 Å². The van der Waals surface area contributed by atoms with E-state index in [0.29, 0.717) is 11.6 Å². The monoisotopic (exact) mass is 1550 g/mol. The third-order valence-corrected chi connectivity index (χ3v) is 25.1. The van der Waals surface area contributed by atoms with E-state index in [-0.39, 0.29) is 0 Å². The maximum Gasteiger partial charge on any atom is 0.160 e. The van der Waals surface area contributed by atoms with Crippen LogP contribution >= 0.6 is 0 Å². The van der Waals surface area contributed by atoms with Gasteiger partial charge in [0.25, 0.3) is 0 Å². The lowest BCUT2D eigenvalue weighted by Gasteiger charge is -2.39. The van der Waals surface area contributed by atoms with Gasteiger partial charge in [0.05, 0.1) is 56.0 Å². The molecule has 4 aliphatic rings. The van der Waals surface area contributed by atoms with Crippen molar-refractivity contribution in [1.82, 2.24) is 29.9 Å². The highest BCUT2D eigenvalue weighted by atomic mass is 16.5. The highest BCUT2D eigenvalue weighted by molar-refractivity contribution is 6.14. The number of rotatable bonds is 9. The van der Waals surface area contributed by atoms with Crippen molar-refractivity contribution in [3.05, 3.63) is 469 Å². The normalized spacial score (nSPS) is 13.0. The van der Waals surface area contributed by atoms with Gasteiger partial charge in [0.1, 0.15) is 23.0 Å². The predicted octanol–water partition coefficient (Wildman–Crippen LogP) is 28.3. The van der Waals surface area contributed by atoms with Crippen molar-refractivity contribution in [2.75, 3.05) is 0 Å². The Balaban J connectivity index is 0.000000139. The molecule has 0 N–H and O–H groups in total. The summed E-state index contributed by atoms with van der Waals surface area (Å²) in [6.07, 6.45) is 0. The molecule has 568 valence electrons. The summed E-state index contributed by atoms with van der Waals surface area (Å²) < 4.78 is 14.0. The van der Waals surface area contributed by atoms with Crippen LogP contribution in [0.5, 0.6) is 23.0 Å². The van der Waals surface area contributed by atoms with Gasteiger partial charge in [0, 0.05) is 88.3 Å². The third-order valence-electron chi connectivity index (χ3n) is 25.1. The molecule has 8 nitrogen and oxygen atoms in total. The van der Waals surface area contributed by atoms with E-state index in [1.807, 2.05) is 60.7 Å². The first-order valence-corrected chi connectivity index (χ1v) is 41.4. The number of aromatic nitrogens is 6. The topological polar surface area (TPSA) is 95.8 Å². The maximum absolute atomic E-state index is 7.00. The molecule has 4 aromatic heterocycles. The zero-order chi connectivity index (χ0) is 80.4. The first kappa shape index (κ1) is 70.1. The van der Waals surface area contributed by atoms with Crippen molar-refractivity contribution >= 4 is 43.4 Å². The van der Waals surface area contributed by atoms with E-state index < -0.39 is 10.8 Å². The third kappa shape index (κ3) is 11.1. The molecule has 6 heterocycles. The molecule has 25 rings (SSSR count).